The van der Waals surface area contributed by atoms with Gasteiger partial charge in [0, 0.05) is 0 Å². The molecule has 0 aliphatic carbocycles. The molecule has 1 aromatic carbocycles. The van der Waals surface area contributed by atoms with E-state index >= 15 is 0 Å². The zero-order valence-corrected chi connectivity index (χ0v) is 9.85. The number of hydrogen-bond acceptors (Lipinski definition) is 3. The van der Waals surface area contributed by atoms with Crippen molar-refractivity contribution >= 4 is 5.97 Å². The SMILES string of the molecule is Cc1cccc(Oc2ncc(F)cc2C(=O)O)c1F. The van der Waals surface area contributed by atoms with Crippen molar-refractivity contribution in [3.63, 3.8) is 0 Å². The summed E-state index contributed by atoms with van der Waals surface area (Å²) >= 11 is 0. The number of hydrogen-bond donors (Lipinski definition) is 1. The summed E-state index contributed by atoms with van der Waals surface area (Å²) in [5, 5.41) is 8.91. The van der Waals surface area contributed by atoms with Crippen LogP contribution in [-0.2, 0) is 0 Å². The third-order valence-corrected chi connectivity index (χ3v) is 2.41. The molecule has 2 rings (SSSR count). The average molecular weight is 265 g/mol. The van der Waals surface area contributed by atoms with Crippen molar-refractivity contribution in [2.75, 3.05) is 0 Å². The number of benzene rings is 1. The largest absolute Gasteiger partial charge is 0.477 e. The summed E-state index contributed by atoms with van der Waals surface area (Å²) in [6.45, 7) is 1.54. The summed E-state index contributed by atoms with van der Waals surface area (Å²) in [5.41, 5.74) is -0.127. The molecular formula is C13H9F2NO3. The van der Waals surface area contributed by atoms with Crippen molar-refractivity contribution in [2.24, 2.45) is 0 Å². The van der Waals surface area contributed by atoms with Gasteiger partial charge in [0.2, 0.25) is 5.88 Å². The number of aromatic carboxylic acids is 1. The van der Waals surface area contributed by atoms with Crippen LogP contribution in [0.1, 0.15) is 15.9 Å². The second-order valence-electron chi connectivity index (χ2n) is 3.80. The maximum atomic E-state index is 13.7. The van der Waals surface area contributed by atoms with Gasteiger partial charge in [0.15, 0.2) is 11.6 Å². The molecule has 1 heterocycles. The van der Waals surface area contributed by atoms with E-state index < -0.39 is 23.2 Å². The predicted octanol–water partition coefficient (Wildman–Crippen LogP) is 3.16. The summed E-state index contributed by atoms with van der Waals surface area (Å²) < 4.78 is 31.8. The Morgan fingerprint density at radius 3 is 2.79 bits per heavy atom. The Bertz CT molecular complexity index is 644. The number of aromatic nitrogens is 1. The van der Waals surface area contributed by atoms with Crippen molar-refractivity contribution in [3.05, 3.63) is 53.2 Å². The fraction of sp³-hybridized carbons (Fsp3) is 0.0769. The molecule has 0 aliphatic heterocycles. The molecule has 0 bridgehead atoms. The van der Waals surface area contributed by atoms with Crippen LogP contribution in [0.4, 0.5) is 8.78 Å². The van der Waals surface area contributed by atoms with E-state index in [9.17, 15) is 13.6 Å². The van der Waals surface area contributed by atoms with Crippen LogP contribution in [0, 0.1) is 18.6 Å². The van der Waals surface area contributed by atoms with Gasteiger partial charge in [0.05, 0.1) is 6.20 Å². The Morgan fingerprint density at radius 2 is 2.11 bits per heavy atom. The fourth-order valence-electron chi connectivity index (χ4n) is 1.46. The number of nitrogens with zero attached hydrogens (tertiary/aromatic N) is 1. The molecule has 0 radical (unpaired) electrons. The first kappa shape index (κ1) is 12.9. The van der Waals surface area contributed by atoms with Gasteiger partial charge in [0.1, 0.15) is 11.4 Å². The lowest BCUT2D eigenvalue weighted by Crippen LogP contribution is -2.03. The Morgan fingerprint density at radius 1 is 1.37 bits per heavy atom. The number of ether oxygens (including phenoxy) is 1. The quantitative estimate of drug-likeness (QED) is 0.926. The zero-order valence-electron chi connectivity index (χ0n) is 9.85. The van der Waals surface area contributed by atoms with E-state index in [1.54, 1.807) is 19.1 Å². The predicted molar refractivity (Wildman–Crippen MR) is 62.4 cm³/mol. The Labute approximate surface area is 107 Å². The fourth-order valence-corrected chi connectivity index (χ4v) is 1.46. The van der Waals surface area contributed by atoms with Gasteiger partial charge in [-0.2, -0.15) is 0 Å². The first-order valence-electron chi connectivity index (χ1n) is 5.31. The third kappa shape index (κ3) is 2.67. The molecular weight excluding hydrogens is 256 g/mol. The molecule has 0 saturated carbocycles. The zero-order chi connectivity index (χ0) is 14.0. The highest BCUT2D eigenvalue weighted by atomic mass is 19.1. The van der Waals surface area contributed by atoms with Crippen LogP contribution in [0.15, 0.2) is 30.5 Å². The van der Waals surface area contributed by atoms with E-state index in [4.69, 9.17) is 9.84 Å². The lowest BCUT2D eigenvalue weighted by Gasteiger charge is -2.09. The van der Waals surface area contributed by atoms with E-state index in [0.29, 0.717) is 5.56 Å². The van der Waals surface area contributed by atoms with Crippen molar-refractivity contribution < 1.29 is 23.4 Å². The molecule has 2 aromatic rings. The second-order valence-corrected chi connectivity index (χ2v) is 3.80. The van der Waals surface area contributed by atoms with Crippen LogP contribution in [0.2, 0.25) is 0 Å². The first-order valence-corrected chi connectivity index (χ1v) is 5.31. The molecule has 0 atom stereocenters. The van der Waals surface area contributed by atoms with Gasteiger partial charge < -0.3 is 9.84 Å². The molecule has 0 spiro atoms. The molecule has 0 aliphatic rings. The highest BCUT2D eigenvalue weighted by Gasteiger charge is 2.17. The van der Waals surface area contributed by atoms with Gasteiger partial charge in [-0.1, -0.05) is 12.1 Å². The van der Waals surface area contributed by atoms with E-state index in [1.165, 1.54) is 6.07 Å². The third-order valence-electron chi connectivity index (χ3n) is 2.41. The summed E-state index contributed by atoms with van der Waals surface area (Å²) in [6.07, 6.45) is 0.801. The van der Waals surface area contributed by atoms with Crippen molar-refractivity contribution in [3.8, 4) is 11.6 Å². The van der Waals surface area contributed by atoms with Crippen LogP contribution in [0.25, 0.3) is 0 Å². The minimum Gasteiger partial charge on any atom is -0.477 e. The molecule has 19 heavy (non-hydrogen) atoms. The van der Waals surface area contributed by atoms with Gasteiger partial charge in [0.25, 0.3) is 0 Å². The van der Waals surface area contributed by atoms with E-state index in [2.05, 4.69) is 4.98 Å². The molecule has 0 saturated heterocycles. The maximum absolute atomic E-state index is 13.7. The van der Waals surface area contributed by atoms with Gasteiger partial charge in [-0.15, -0.1) is 0 Å². The van der Waals surface area contributed by atoms with E-state index in [-0.39, 0.29) is 11.6 Å². The van der Waals surface area contributed by atoms with Crippen LogP contribution in [0.3, 0.4) is 0 Å². The number of aryl methyl sites for hydroxylation is 1. The Kier molecular flexibility index (Phi) is 3.41. The number of rotatable bonds is 3. The van der Waals surface area contributed by atoms with Crippen molar-refractivity contribution in [1.82, 2.24) is 4.98 Å². The molecule has 1 aromatic heterocycles. The molecule has 0 amide bonds. The Hall–Kier alpha value is -2.50. The standard InChI is InChI=1S/C13H9F2NO3/c1-7-3-2-4-10(11(7)15)19-12-9(13(17)18)5-8(14)6-16-12/h2-6H,1H3,(H,17,18). The Balaban J connectivity index is 2.44. The second kappa shape index (κ2) is 5.01. The molecule has 4 nitrogen and oxygen atoms in total. The van der Waals surface area contributed by atoms with Crippen LogP contribution < -0.4 is 4.74 Å². The number of carboxylic acid groups (broad SMARTS) is 1. The average Bonchev–Trinajstić information content (AvgIpc) is 2.36. The highest BCUT2D eigenvalue weighted by molar-refractivity contribution is 5.90. The molecule has 0 fully saturated rings. The van der Waals surface area contributed by atoms with Gasteiger partial charge in [-0.05, 0) is 24.6 Å². The molecule has 1 N–H and O–H groups in total. The first-order chi connectivity index (χ1) is 8.99. The van der Waals surface area contributed by atoms with Gasteiger partial charge in [-0.25, -0.2) is 18.6 Å². The minimum absolute atomic E-state index is 0.165. The lowest BCUT2D eigenvalue weighted by molar-refractivity contribution is 0.0692. The summed E-state index contributed by atoms with van der Waals surface area (Å²) in [7, 11) is 0. The van der Waals surface area contributed by atoms with Crippen molar-refractivity contribution in [2.45, 2.75) is 6.92 Å². The molecule has 6 heteroatoms. The monoisotopic (exact) mass is 265 g/mol. The molecule has 98 valence electrons. The van der Waals surface area contributed by atoms with Crippen molar-refractivity contribution in [1.29, 1.82) is 0 Å². The van der Waals surface area contributed by atoms with E-state index in [1.807, 2.05) is 0 Å². The summed E-state index contributed by atoms with van der Waals surface area (Å²) in [5.74, 6) is -3.37. The summed E-state index contributed by atoms with van der Waals surface area (Å²) in [6, 6.07) is 5.19. The van der Waals surface area contributed by atoms with Gasteiger partial charge in [-0.3, -0.25) is 0 Å². The number of pyridine rings is 1. The smallest absolute Gasteiger partial charge is 0.341 e. The number of halogens is 2. The van der Waals surface area contributed by atoms with Crippen LogP contribution >= 0.6 is 0 Å². The number of carbonyl (C=O) groups is 1. The summed E-state index contributed by atoms with van der Waals surface area (Å²) in [4.78, 5) is 14.5. The normalized spacial score (nSPS) is 10.3. The number of carboxylic acids is 1. The van der Waals surface area contributed by atoms with Crippen LogP contribution in [-0.4, -0.2) is 16.1 Å². The highest BCUT2D eigenvalue weighted by Crippen LogP contribution is 2.27. The van der Waals surface area contributed by atoms with Gasteiger partial charge >= 0.3 is 5.97 Å². The van der Waals surface area contributed by atoms with E-state index in [0.717, 1.165) is 12.3 Å². The topological polar surface area (TPSA) is 59.4 Å². The lowest BCUT2D eigenvalue weighted by atomic mass is 10.2. The minimum atomic E-state index is -1.41. The maximum Gasteiger partial charge on any atom is 0.341 e. The molecule has 0 unspecified atom stereocenters. The van der Waals surface area contributed by atoms with Crippen LogP contribution in [0.5, 0.6) is 11.6 Å².